The Morgan fingerprint density at radius 1 is 1.20 bits per heavy atom. The Morgan fingerprint density at radius 3 is 2.56 bits per heavy atom. The zero-order valence-electron chi connectivity index (χ0n) is 15.3. The summed E-state index contributed by atoms with van der Waals surface area (Å²) in [7, 11) is 4.05. The van der Waals surface area contributed by atoms with Crippen molar-refractivity contribution in [1.82, 2.24) is 29.5 Å². The summed E-state index contributed by atoms with van der Waals surface area (Å²) >= 11 is 0. The highest BCUT2D eigenvalue weighted by atomic mass is 16.3. The van der Waals surface area contributed by atoms with Gasteiger partial charge in [-0.05, 0) is 13.0 Å². The van der Waals surface area contributed by atoms with Gasteiger partial charge in [-0.2, -0.15) is 0 Å². The van der Waals surface area contributed by atoms with Gasteiger partial charge in [-0.1, -0.05) is 0 Å². The fourth-order valence-corrected chi connectivity index (χ4v) is 3.83. The maximum absolute atomic E-state index is 12.6. The molecule has 3 heterocycles. The molecule has 0 aromatic carbocycles. The highest BCUT2D eigenvalue weighted by Gasteiger charge is 2.35. The van der Waals surface area contributed by atoms with Crippen molar-refractivity contribution >= 4 is 5.91 Å². The van der Waals surface area contributed by atoms with Gasteiger partial charge in [0, 0.05) is 78.2 Å². The molecule has 0 spiro atoms. The van der Waals surface area contributed by atoms with Gasteiger partial charge in [0.2, 0.25) is 5.91 Å². The van der Waals surface area contributed by atoms with Crippen molar-refractivity contribution in [1.29, 1.82) is 0 Å². The summed E-state index contributed by atoms with van der Waals surface area (Å²) in [5, 5.41) is 17.6. The zero-order chi connectivity index (χ0) is 17.8. The highest BCUT2D eigenvalue weighted by Crippen LogP contribution is 2.25. The van der Waals surface area contributed by atoms with Gasteiger partial charge < -0.3 is 24.4 Å². The average molecular weight is 350 g/mol. The molecule has 140 valence electrons. The average Bonchev–Trinajstić information content (AvgIpc) is 3.21. The first-order valence-corrected chi connectivity index (χ1v) is 9.19. The van der Waals surface area contributed by atoms with Crippen LogP contribution in [0.15, 0.2) is 6.33 Å². The number of carbonyl (C=O) groups is 1. The molecule has 0 aliphatic carbocycles. The molecule has 1 amide bonds. The SMILES string of the molecule is CN1CCN(C[C@@H]2CN(C(=O)CCc3nncn3C)C[C@@H]2CO)CC1. The van der Waals surface area contributed by atoms with Crippen LogP contribution in [0, 0.1) is 11.8 Å². The van der Waals surface area contributed by atoms with Crippen LogP contribution >= 0.6 is 0 Å². The van der Waals surface area contributed by atoms with Gasteiger partial charge in [0.25, 0.3) is 0 Å². The van der Waals surface area contributed by atoms with Gasteiger partial charge in [-0.15, -0.1) is 10.2 Å². The van der Waals surface area contributed by atoms with Crippen LogP contribution in [0.1, 0.15) is 12.2 Å². The Morgan fingerprint density at radius 2 is 1.92 bits per heavy atom. The van der Waals surface area contributed by atoms with Crippen LogP contribution in [0.5, 0.6) is 0 Å². The largest absolute Gasteiger partial charge is 0.396 e. The van der Waals surface area contributed by atoms with Crippen LogP contribution < -0.4 is 0 Å². The van der Waals surface area contributed by atoms with E-state index in [1.54, 1.807) is 6.33 Å². The maximum Gasteiger partial charge on any atom is 0.223 e. The van der Waals surface area contributed by atoms with E-state index in [4.69, 9.17) is 0 Å². The Bertz CT molecular complexity index is 569. The van der Waals surface area contributed by atoms with E-state index in [2.05, 4.69) is 27.0 Å². The molecule has 25 heavy (non-hydrogen) atoms. The van der Waals surface area contributed by atoms with Gasteiger partial charge in [-0.3, -0.25) is 4.79 Å². The first-order valence-electron chi connectivity index (χ1n) is 9.19. The number of likely N-dealkylation sites (tertiary alicyclic amines) is 1. The summed E-state index contributed by atoms with van der Waals surface area (Å²) in [6.07, 6.45) is 2.72. The Hall–Kier alpha value is -1.51. The van der Waals surface area contributed by atoms with E-state index in [1.807, 2.05) is 16.5 Å². The lowest BCUT2D eigenvalue weighted by Gasteiger charge is -2.34. The molecule has 0 saturated carbocycles. The minimum absolute atomic E-state index is 0.155. The van der Waals surface area contributed by atoms with Crippen LogP contribution in [0.4, 0.5) is 0 Å². The molecular weight excluding hydrogens is 320 g/mol. The Balaban J connectivity index is 1.50. The van der Waals surface area contributed by atoms with Gasteiger partial charge in [0.05, 0.1) is 0 Å². The summed E-state index contributed by atoms with van der Waals surface area (Å²) in [5.74, 6) is 1.55. The Kier molecular flexibility index (Phi) is 6.03. The standard InChI is InChI=1S/C17H30N6O2/c1-20-5-7-22(8-6-20)9-14-10-23(11-15(14)12-24)17(25)4-3-16-19-18-13-21(16)2/h13-15,24H,3-12H2,1-2H3/t14-,15-/m1/s1. The normalized spacial score (nSPS) is 25.6. The molecule has 2 atom stereocenters. The van der Waals surface area contributed by atoms with Gasteiger partial charge in [0.15, 0.2) is 0 Å². The molecule has 2 aliphatic heterocycles. The predicted octanol–water partition coefficient (Wildman–Crippen LogP) is -0.938. The van der Waals surface area contributed by atoms with E-state index < -0.39 is 0 Å². The molecule has 8 nitrogen and oxygen atoms in total. The van der Waals surface area contributed by atoms with Crippen LogP contribution in [-0.2, 0) is 18.3 Å². The van der Waals surface area contributed by atoms with E-state index in [0.29, 0.717) is 25.3 Å². The number of hydrogen-bond acceptors (Lipinski definition) is 6. The van der Waals surface area contributed by atoms with Crippen molar-refractivity contribution in [2.24, 2.45) is 18.9 Å². The summed E-state index contributed by atoms with van der Waals surface area (Å²) in [6, 6.07) is 0. The van der Waals surface area contributed by atoms with Crippen molar-refractivity contribution < 1.29 is 9.90 Å². The molecule has 3 rings (SSSR count). The first kappa shape index (κ1) is 18.3. The van der Waals surface area contributed by atoms with Gasteiger partial charge in [-0.25, -0.2) is 0 Å². The molecule has 0 radical (unpaired) electrons. The summed E-state index contributed by atoms with van der Waals surface area (Å²) in [5.41, 5.74) is 0. The Labute approximate surface area is 149 Å². The molecule has 2 fully saturated rings. The summed E-state index contributed by atoms with van der Waals surface area (Å²) in [4.78, 5) is 19.3. The van der Waals surface area contributed by atoms with Crippen molar-refractivity contribution in [2.45, 2.75) is 12.8 Å². The van der Waals surface area contributed by atoms with E-state index in [1.165, 1.54) is 0 Å². The lowest BCUT2D eigenvalue weighted by molar-refractivity contribution is -0.130. The number of aliphatic hydroxyl groups excluding tert-OH is 1. The molecule has 2 saturated heterocycles. The van der Waals surface area contributed by atoms with Gasteiger partial charge in [0.1, 0.15) is 12.2 Å². The van der Waals surface area contributed by atoms with Crippen molar-refractivity contribution in [2.75, 3.05) is 59.5 Å². The number of likely N-dealkylation sites (N-methyl/N-ethyl adjacent to an activating group) is 1. The number of aliphatic hydroxyl groups is 1. The van der Waals surface area contributed by atoms with E-state index in [0.717, 1.165) is 45.1 Å². The minimum atomic E-state index is 0.155. The summed E-state index contributed by atoms with van der Waals surface area (Å²) in [6.45, 7) is 6.91. The molecule has 1 aromatic rings. The molecule has 0 bridgehead atoms. The molecule has 8 heteroatoms. The van der Waals surface area contributed by atoms with Crippen molar-refractivity contribution in [3.8, 4) is 0 Å². The second kappa shape index (κ2) is 8.25. The molecule has 1 N–H and O–H groups in total. The number of aromatic nitrogens is 3. The monoisotopic (exact) mass is 350 g/mol. The number of amides is 1. The molecule has 1 aromatic heterocycles. The number of rotatable bonds is 6. The third kappa shape index (κ3) is 4.56. The molecule has 2 aliphatic rings. The van der Waals surface area contributed by atoms with Crippen LogP contribution in [0.25, 0.3) is 0 Å². The fourth-order valence-electron chi connectivity index (χ4n) is 3.83. The van der Waals surface area contributed by atoms with Gasteiger partial charge >= 0.3 is 0 Å². The van der Waals surface area contributed by atoms with E-state index in [-0.39, 0.29) is 18.4 Å². The minimum Gasteiger partial charge on any atom is -0.396 e. The first-order chi connectivity index (χ1) is 12.1. The van der Waals surface area contributed by atoms with Crippen molar-refractivity contribution in [3.05, 3.63) is 12.2 Å². The zero-order valence-corrected chi connectivity index (χ0v) is 15.3. The number of nitrogens with zero attached hydrogens (tertiary/aromatic N) is 6. The number of piperazine rings is 1. The number of hydrogen-bond donors (Lipinski definition) is 1. The van der Waals surface area contributed by atoms with Crippen LogP contribution in [-0.4, -0.2) is 99.9 Å². The highest BCUT2D eigenvalue weighted by molar-refractivity contribution is 5.76. The van der Waals surface area contributed by atoms with E-state index in [9.17, 15) is 9.90 Å². The van der Waals surface area contributed by atoms with Crippen LogP contribution in [0.2, 0.25) is 0 Å². The lowest BCUT2D eigenvalue weighted by Crippen LogP contribution is -2.47. The molecular formula is C17H30N6O2. The second-order valence-corrected chi connectivity index (χ2v) is 7.46. The topological polar surface area (TPSA) is 77.7 Å². The van der Waals surface area contributed by atoms with E-state index >= 15 is 0 Å². The second-order valence-electron chi connectivity index (χ2n) is 7.46. The fraction of sp³-hybridized carbons (Fsp3) is 0.824. The third-order valence-electron chi connectivity index (χ3n) is 5.62. The molecule has 0 unspecified atom stereocenters. The van der Waals surface area contributed by atoms with Crippen LogP contribution in [0.3, 0.4) is 0 Å². The smallest absolute Gasteiger partial charge is 0.223 e. The predicted molar refractivity (Wildman–Crippen MR) is 93.9 cm³/mol. The third-order valence-corrected chi connectivity index (χ3v) is 5.62. The lowest BCUT2D eigenvalue weighted by atomic mass is 9.96. The summed E-state index contributed by atoms with van der Waals surface area (Å²) < 4.78 is 1.85. The van der Waals surface area contributed by atoms with Crippen molar-refractivity contribution in [3.63, 3.8) is 0 Å². The number of aryl methyl sites for hydroxylation is 2. The maximum atomic E-state index is 12.6. The quantitative estimate of drug-likeness (QED) is 0.714. The number of carbonyl (C=O) groups excluding carboxylic acids is 1.